The van der Waals surface area contributed by atoms with E-state index in [1.165, 1.54) is 44.1 Å². The van der Waals surface area contributed by atoms with Crippen molar-refractivity contribution in [3.8, 4) is 0 Å². The number of nitrogens with one attached hydrogen (secondary N) is 1. The maximum atomic E-state index is 6.13. The third-order valence-corrected chi connectivity index (χ3v) is 7.02. The lowest BCUT2D eigenvalue weighted by Crippen LogP contribution is -2.29. The molecule has 4 heterocycles. The highest BCUT2D eigenvalue weighted by molar-refractivity contribution is 6.30. The minimum absolute atomic E-state index is 0.687. The Balaban J connectivity index is 1.51. The molecule has 3 aromatic rings. The van der Waals surface area contributed by atoms with Crippen molar-refractivity contribution in [1.82, 2.24) is 19.9 Å². The first kappa shape index (κ1) is 20.8. The van der Waals surface area contributed by atoms with Crippen LogP contribution in [-0.4, -0.2) is 40.7 Å². The van der Waals surface area contributed by atoms with E-state index in [4.69, 9.17) is 21.6 Å². The van der Waals surface area contributed by atoms with E-state index in [1.807, 2.05) is 12.1 Å². The normalized spacial score (nSPS) is 18.4. The SMILES string of the molecule is Clc1ccc(Cn2c(CC3CCNCC3)nc3ccc(N4CCCCCC4)nc32)cc1. The predicted molar refractivity (Wildman–Crippen MR) is 128 cm³/mol. The van der Waals surface area contributed by atoms with Crippen molar-refractivity contribution in [3.05, 3.63) is 52.8 Å². The van der Waals surface area contributed by atoms with Crippen LogP contribution in [0.3, 0.4) is 0 Å². The highest BCUT2D eigenvalue weighted by Gasteiger charge is 2.20. The van der Waals surface area contributed by atoms with Gasteiger partial charge in [0.2, 0.25) is 0 Å². The second-order valence-electron chi connectivity index (χ2n) is 9.05. The number of rotatable bonds is 5. The van der Waals surface area contributed by atoms with Crippen molar-refractivity contribution >= 4 is 28.6 Å². The molecule has 2 aliphatic rings. The number of imidazole rings is 1. The molecule has 0 amide bonds. The van der Waals surface area contributed by atoms with Gasteiger partial charge in [-0.15, -0.1) is 0 Å². The fraction of sp³-hybridized carbons (Fsp3) is 0.520. The Morgan fingerprint density at radius 3 is 2.39 bits per heavy atom. The summed E-state index contributed by atoms with van der Waals surface area (Å²) in [6.45, 7) is 5.21. The van der Waals surface area contributed by atoms with Crippen LogP contribution in [0, 0.1) is 5.92 Å². The minimum Gasteiger partial charge on any atom is -0.357 e. The first-order chi connectivity index (χ1) is 15.3. The summed E-state index contributed by atoms with van der Waals surface area (Å²) >= 11 is 6.13. The van der Waals surface area contributed by atoms with Gasteiger partial charge in [0.25, 0.3) is 0 Å². The Labute approximate surface area is 189 Å². The van der Waals surface area contributed by atoms with Crippen LogP contribution in [0.15, 0.2) is 36.4 Å². The van der Waals surface area contributed by atoms with Crippen LogP contribution >= 0.6 is 11.6 Å². The van der Waals surface area contributed by atoms with Gasteiger partial charge in [0.1, 0.15) is 17.2 Å². The van der Waals surface area contributed by atoms with E-state index in [0.717, 1.165) is 67.0 Å². The van der Waals surface area contributed by atoms with Gasteiger partial charge in [-0.3, -0.25) is 0 Å². The lowest BCUT2D eigenvalue weighted by molar-refractivity contribution is 0.364. The number of fused-ring (bicyclic) bond motifs is 1. The van der Waals surface area contributed by atoms with Crippen LogP contribution in [0.1, 0.15) is 49.9 Å². The van der Waals surface area contributed by atoms with Crippen molar-refractivity contribution in [2.24, 2.45) is 5.92 Å². The fourth-order valence-corrected chi connectivity index (χ4v) is 5.08. The molecular weight excluding hydrogens is 406 g/mol. The molecule has 0 saturated carbocycles. The van der Waals surface area contributed by atoms with Gasteiger partial charge in [-0.2, -0.15) is 0 Å². The van der Waals surface area contributed by atoms with Crippen LogP contribution in [0.5, 0.6) is 0 Å². The Morgan fingerprint density at radius 2 is 1.65 bits per heavy atom. The van der Waals surface area contributed by atoms with Gasteiger partial charge in [0.15, 0.2) is 5.65 Å². The number of benzene rings is 1. The molecule has 0 atom stereocenters. The molecule has 0 bridgehead atoms. The Bertz CT molecular complexity index is 999. The molecule has 2 saturated heterocycles. The van der Waals surface area contributed by atoms with Crippen LogP contribution < -0.4 is 10.2 Å². The number of hydrogen-bond acceptors (Lipinski definition) is 4. The van der Waals surface area contributed by atoms with E-state index in [9.17, 15) is 0 Å². The molecule has 0 spiro atoms. The number of piperidine rings is 1. The second kappa shape index (κ2) is 9.58. The molecule has 5 nitrogen and oxygen atoms in total. The Kier molecular flexibility index (Phi) is 6.42. The van der Waals surface area contributed by atoms with Crippen LogP contribution in [0.4, 0.5) is 5.82 Å². The molecule has 0 aliphatic carbocycles. The van der Waals surface area contributed by atoms with Crippen molar-refractivity contribution < 1.29 is 0 Å². The van der Waals surface area contributed by atoms with Gasteiger partial charge >= 0.3 is 0 Å². The molecule has 1 aromatic carbocycles. The molecule has 6 heteroatoms. The van der Waals surface area contributed by atoms with Gasteiger partial charge in [-0.25, -0.2) is 9.97 Å². The summed E-state index contributed by atoms with van der Waals surface area (Å²) in [5.41, 5.74) is 3.26. The fourth-order valence-electron chi connectivity index (χ4n) is 4.95. The topological polar surface area (TPSA) is 46.0 Å². The quantitative estimate of drug-likeness (QED) is 0.606. The first-order valence-electron chi connectivity index (χ1n) is 11.8. The summed E-state index contributed by atoms with van der Waals surface area (Å²) < 4.78 is 2.35. The predicted octanol–water partition coefficient (Wildman–Crippen LogP) is 5.06. The van der Waals surface area contributed by atoms with Crippen molar-refractivity contribution in [2.75, 3.05) is 31.1 Å². The lowest BCUT2D eigenvalue weighted by Gasteiger charge is -2.23. The van der Waals surface area contributed by atoms with Gasteiger partial charge < -0.3 is 14.8 Å². The molecule has 0 radical (unpaired) electrons. The Hall–Kier alpha value is -2.11. The number of aromatic nitrogens is 3. The maximum Gasteiger partial charge on any atom is 0.162 e. The number of anilines is 1. The highest BCUT2D eigenvalue weighted by Crippen LogP contribution is 2.26. The molecule has 31 heavy (non-hydrogen) atoms. The average Bonchev–Trinajstić information content (AvgIpc) is 2.96. The molecular formula is C25H32ClN5. The molecule has 2 aromatic heterocycles. The van der Waals surface area contributed by atoms with Crippen LogP contribution in [-0.2, 0) is 13.0 Å². The first-order valence-corrected chi connectivity index (χ1v) is 12.2. The van der Waals surface area contributed by atoms with E-state index in [1.54, 1.807) is 0 Å². The van der Waals surface area contributed by atoms with Gasteiger partial charge in [0, 0.05) is 24.5 Å². The molecule has 5 rings (SSSR count). The molecule has 164 valence electrons. The molecule has 2 fully saturated rings. The summed E-state index contributed by atoms with van der Waals surface area (Å²) in [6.07, 6.45) is 8.62. The van der Waals surface area contributed by atoms with Crippen molar-refractivity contribution in [2.45, 2.75) is 51.5 Å². The van der Waals surface area contributed by atoms with E-state index < -0.39 is 0 Å². The smallest absolute Gasteiger partial charge is 0.162 e. The van der Waals surface area contributed by atoms with Crippen LogP contribution in [0.2, 0.25) is 5.02 Å². The molecule has 0 unspecified atom stereocenters. The van der Waals surface area contributed by atoms with Crippen LogP contribution in [0.25, 0.3) is 11.2 Å². The van der Waals surface area contributed by atoms with E-state index in [2.05, 4.69) is 39.0 Å². The number of nitrogens with zero attached hydrogens (tertiary/aromatic N) is 4. The molecule has 1 N–H and O–H groups in total. The largest absolute Gasteiger partial charge is 0.357 e. The van der Waals surface area contributed by atoms with E-state index in [0.29, 0.717) is 5.92 Å². The van der Waals surface area contributed by atoms with Gasteiger partial charge in [-0.05, 0) is 74.5 Å². The second-order valence-corrected chi connectivity index (χ2v) is 9.49. The maximum absolute atomic E-state index is 6.13. The third kappa shape index (κ3) is 4.88. The standard InChI is InChI=1S/C25H32ClN5/c26-21-7-5-20(6-8-21)18-31-24(17-19-11-13-27-14-12-19)28-22-9-10-23(29-25(22)31)30-15-3-1-2-4-16-30/h5-10,19,27H,1-4,11-18H2. The lowest BCUT2D eigenvalue weighted by atomic mass is 9.94. The summed E-state index contributed by atoms with van der Waals surface area (Å²) in [5.74, 6) is 2.95. The summed E-state index contributed by atoms with van der Waals surface area (Å²) in [6, 6.07) is 12.5. The monoisotopic (exact) mass is 437 g/mol. The number of halogens is 1. The zero-order valence-electron chi connectivity index (χ0n) is 18.2. The van der Waals surface area contributed by atoms with Crippen molar-refractivity contribution in [1.29, 1.82) is 0 Å². The third-order valence-electron chi connectivity index (χ3n) is 6.77. The van der Waals surface area contributed by atoms with Gasteiger partial charge in [-0.1, -0.05) is 36.6 Å². The molecule has 2 aliphatic heterocycles. The summed E-state index contributed by atoms with van der Waals surface area (Å²) in [5, 5.41) is 4.25. The number of hydrogen-bond donors (Lipinski definition) is 1. The van der Waals surface area contributed by atoms with E-state index >= 15 is 0 Å². The van der Waals surface area contributed by atoms with Crippen molar-refractivity contribution in [3.63, 3.8) is 0 Å². The summed E-state index contributed by atoms with van der Waals surface area (Å²) in [4.78, 5) is 12.7. The minimum atomic E-state index is 0.687. The number of pyridine rings is 1. The van der Waals surface area contributed by atoms with E-state index in [-0.39, 0.29) is 0 Å². The average molecular weight is 438 g/mol. The highest BCUT2D eigenvalue weighted by atomic mass is 35.5. The van der Waals surface area contributed by atoms with Gasteiger partial charge in [0.05, 0.1) is 6.54 Å². The Morgan fingerprint density at radius 1 is 0.903 bits per heavy atom. The zero-order chi connectivity index (χ0) is 21.0. The summed E-state index contributed by atoms with van der Waals surface area (Å²) in [7, 11) is 0. The zero-order valence-corrected chi connectivity index (χ0v) is 18.9.